The van der Waals surface area contributed by atoms with Crippen LogP contribution in [-0.4, -0.2) is 15.2 Å². The zero-order chi connectivity index (χ0) is 8.84. The molecule has 0 aliphatic heterocycles. The summed E-state index contributed by atoms with van der Waals surface area (Å²) in [6.07, 6.45) is 4.37. The molecule has 0 atom stereocenters. The van der Waals surface area contributed by atoms with Crippen LogP contribution in [0.1, 0.15) is 24.5 Å². The van der Waals surface area contributed by atoms with E-state index in [2.05, 4.69) is 31.1 Å². The Hall–Kier alpha value is -0.900. The summed E-state index contributed by atoms with van der Waals surface area (Å²) in [5.41, 5.74) is 3.20. The van der Waals surface area contributed by atoms with E-state index in [0.717, 1.165) is 15.5 Å². The SMILES string of the molecule is Brc1cnc2c(C3CC3)[nH]nc2c1. The van der Waals surface area contributed by atoms with Crippen LogP contribution in [0.5, 0.6) is 0 Å². The summed E-state index contributed by atoms with van der Waals surface area (Å²) in [7, 11) is 0. The van der Waals surface area contributed by atoms with Crippen LogP contribution < -0.4 is 0 Å². The molecule has 0 amide bonds. The van der Waals surface area contributed by atoms with Gasteiger partial charge in [-0.2, -0.15) is 5.10 Å². The molecule has 0 saturated heterocycles. The van der Waals surface area contributed by atoms with Gasteiger partial charge in [-0.1, -0.05) is 0 Å². The third-order valence-electron chi connectivity index (χ3n) is 2.37. The summed E-state index contributed by atoms with van der Waals surface area (Å²) in [5.74, 6) is 0.679. The molecular formula is C9H8BrN3. The van der Waals surface area contributed by atoms with Crippen molar-refractivity contribution in [2.24, 2.45) is 0 Å². The maximum Gasteiger partial charge on any atom is 0.112 e. The zero-order valence-electron chi connectivity index (χ0n) is 6.92. The average molecular weight is 238 g/mol. The van der Waals surface area contributed by atoms with E-state index in [0.29, 0.717) is 5.92 Å². The number of fused-ring (bicyclic) bond motifs is 1. The highest BCUT2D eigenvalue weighted by molar-refractivity contribution is 9.10. The Balaban J connectivity index is 2.26. The molecule has 2 heterocycles. The molecule has 3 rings (SSSR count). The molecule has 0 spiro atoms. The lowest BCUT2D eigenvalue weighted by molar-refractivity contribution is 0.975. The summed E-state index contributed by atoms with van der Waals surface area (Å²) in [6, 6.07) is 1.99. The second kappa shape index (κ2) is 2.54. The number of aromatic amines is 1. The molecule has 1 aliphatic carbocycles. The van der Waals surface area contributed by atoms with Crippen molar-refractivity contribution < 1.29 is 0 Å². The summed E-state index contributed by atoms with van der Waals surface area (Å²) < 4.78 is 0.980. The fourth-order valence-electron chi connectivity index (χ4n) is 1.55. The maximum atomic E-state index is 4.36. The van der Waals surface area contributed by atoms with Gasteiger partial charge < -0.3 is 0 Å². The zero-order valence-corrected chi connectivity index (χ0v) is 8.50. The van der Waals surface area contributed by atoms with Crippen molar-refractivity contribution in [2.45, 2.75) is 18.8 Å². The number of nitrogens with zero attached hydrogens (tertiary/aromatic N) is 2. The Morgan fingerprint density at radius 2 is 2.31 bits per heavy atom. The largest absolute Gasteiger partial charge is 0.279 e. The number of hydrogen-bond donors (Lipinski definition) is 1. The number of H-pyrrole nitrogens is 1. The second-order valence-electron chi connectivity index (χ2n) is 3.43. The van der Waals surface area contributed by atoms with Gasteiger partial charge in [-0.05, 0) is 34.8 Å². The van der Waals surface area contributed by atoms with Crippen molar-refractivity contribution in [3.05, 3.63) is 22.4 Å². The van der Waals surface area contributed by atoms with E-state index in [1.807, 2.05) is 12.3 Å². The Labute approximate surface area is 83.7 Å². The minimum absolute atomic E-state index is 0.679. The highest BCUT2D eigenvalue weighted by atomic mass is 79.9. The predicted molar refractivity (Wildman–Crippen MR) is 53.6 cm³/mol. The molecule has 0 unspecified atom stereocenters. The molecule has 2 aromatic heterocycles. The van der Waals surface area contributed by atoms with Crippen LogP contribution in [0.15, 0.2) is 16.7 Å². The molecule has 0 aromatic carbocycles. The lowest BCUT2D eigenvalue weighted by atomic mass is 10.2. The van der Waals surface area contributed by atoms with E-state index >= 15 is 0 Å². The summed E-state index contributed by atoms with van der Waals surface area (Å²) in [5, 5.41) is 7.29. The van der Waals surface area contributed by atoms with Crippen molar-refractivity contribution in [1.29, 1.82) is 0 Å². The van der Waals surface area contributed by atoms with E-state index in [4.69, 9.17) is 0 Å². The van der Waals surface area contributed by atoms with Crippen LogP contribution >= 0.6 is 15.9 Å². The Bertz CT molecular complexity index is 459. The minimum atomic E-state index is 0.679. The number of halogens is 1. The van der Waals surface area contributed by atoms with Crippen LogP contribution in [0.3, 0.4) is 0 Å². The van der Waals surface area contributed by atoms with E-state index in [-0.39, 0.29) is 0 Å². The number of aromatic nitrogens is 3. The van der Waals surface area contributed by atoms with Gasteiger partial charge in [0.2, 0.25) is 0 Å². The van der Waals surface area contributed by atoms with Gasteiger partial charge in [-0.3, -0.25) is 10.1 Å². The third kappa shape index (κ3) is 1.16. The fraction of sp³-hybridized carbons (Fsp3) is 0.333. The minimum Gasteiger partial charge on any atom is -0.279 e. The Morgan fingerprint density at radius 1 is 1.46 bits per heavy atom. The molecule has 1 aliphatic rings. The van der Waals surface area contributed by atoms with Gasteiger partial charge in [-0.25, -0.2) is 0 Å². The Morgan fingerprint density at radius 3 is 3.08 bits per heavy atom. The fourth-order valence-corrected chi connectivity index (χ4v) is 1.87. The number of nitrogens with one attached hydrogen (secondary N) is 1. The van der Waals surface area contributed by atoms with Gasteiger partial charge in [0.15, 0.2) is 0 Å². The second-order valence-corrected chi connectivity index (χ2v) is 4.35. The number of rotatable bonds is 1. The summed E-state index contributed by atoms with van der Waals surface area (Å²) in [4.78, 5) is 4.36. The van der Waals surface area contributed by atoms with E-state index in [9.17, 15) is 0 Å². The van der Waals surface area contributed by atoms with Crippen molar-refractivity contribution in [3.63, 3.8) is 0 Å². The first-order valence-corrected chi connectivity index (χ1v) is 5.13. The van der Waals surface area contributed by atoms with Gasteiger partial charge in [0.1, 0.15) is 11.0 Å². The van der Waals surface area contributed by atoms with Gasteiger partial charge in [0.25, 0.3) is 0 Å². The first kappa shape index (κ1) is 7.50. The summed E-state index contributed by atoms with van der Waals surface area (Å²) in [6.45, 7) is 0. The highest BCUT2D eigenvalue weighted by Crippen LogP contribution is 2.41. The van der Waals surface area contributed by atoms with Crippen LogP contribution in [0.25, 0.3) is 11.0 Å². The first-order valence-electron chi connectivity index (χ1n) is 4.34. The molecule has 13 heavy (non-hydrogen) atoms. The predicted octanol–water partition coefficient (Wildman–Crippen LogP) is 2.60. The van der Waals surface area contributed by atoms with E-state index < -0.39 is 0 Å². The molecule has 4 heteroatoms. The van der Waals surface area contributed by atoms with Gasteiger partial charge in [-0.15, -0.1) is 0 Å². The molecule has 3 nitrogen and oxygen atoms in total. The van der Waals surface area contributed by atoms with Crippen molar-refractivity contribution in [2.75, 3.05) is 0 Å². The van der Waals surface area contributed by atoms with Crippen LogP contribution in [0, 0.1) is 0 Å². The molecule has 1 fully saturated rings. The first-order chi connectivity index (χ1) is 6.34. The molecular weight excluding hydrogens is 230 g/mol. The van der Waals surface area contributed by atoms with E-state index in [1.165, 1.54) is 18.5 Å². The summed E-state index contributed by atoms with van der Waals surface area (Å²) >= 11 is 3.38. The van der Waals surface area contributed by atoms with E-state index in [1.54, 1.807) is 0 Å². The quantitative estimate of drug-likeness (QED) is 0.829. The lowest BCUT2D eigenvalue weighted by Crippen LogP contribution is -1.81. The van der Waals surface area contributed by atoms with Crippen molar-refractivity contribution >= 4 is 27.0 Å². The topological polar surface area (TPSA) is 41.6 Å². The monoisotopic (exact) mass is 237 g/mol. The lowest BCUT2D eigenvalue weighted by Gasteiger charge is -1.92. The van der Waals surface area contributed by atoms with Gasteiger partial charge in [0, 0.05) is 16.6 Å². The molecule has 1 N–H and O–H groups in total. The molecule has 66 valence electrons. The molecule has 0 radical (unpaired) electrons. The maximum absolute atomic E-state index is 4.36. The number of pyridine rings is 1. The Kier molecular flexibility index (Phi) is 1.47. The van der Waals surface area contributed by atoms with Crippen molar-refractivity contribution in [1.82, 2.24) is 15.2 Å². The van der Waals surface area contributed by atoms with Crippen LogP contribution in [-0.2, 0) is 0 Å². The van der Waals surface area contributed by atoms with Gasteiger partial charge >= 0.3 is 0 Å². The highest BCUT2D eigenvalue weighted by Gasteiger charge is 2.27. The smallest absolute Gasteiger partial charge is 0.112 e. The standard InChI is InChI=1S/C9H8BrN3/c10-6-3-7-9(11-4-6)8(13-12-7)5-1-2-5/h3-5H,1-2H2,(H,12,13). The molecule has 1 saturated carbocycles. The number of hydrogen-bond acceptors (Lipinski definition) is 2. The molecule has 2 aromatic rings. The van der Waals surface area contributed by atoms with Crippen LogP contribution in [0.4, 0.5) is 0 Å². The van der Waals surface area contributed by atoms with Crippen molar-refractivity contribution in [3.8, 4) is 0 Å². The normalized spacial score (nSPS) is 16.7. The van der Waals surface area contributed by atoms with Gasteiger partial charge in [0.05, 0.1) is 5.69 Å². The van der Waals surface area contributed by atoms with Crippen LogP contribution in [0.2, 0.25) is 0 Å². The third-order valence-corrected chi connectivity index (χ3v) is 2.81. The average Bonchev–Trinajstić information content (AvgIpc) is 2.87. The molecule has 0 bridgehead atoms.